The number of carbonyl (C=O) groups excluding carboxylic acids is 1. The van der Waals surface area contributed by atoms with Gasteiger partial charge < -0.3 is 89.9 Å². The predicted octanol–water partition coefficient (Wildman–Crippen LogP) is 12.5. The van der Waals surface area contributed by atoms with Crippen LogP contribution < -0.4 is 5.32 Å². The average Bonchev–Trinajstić information content (AvgIpc) is 0.789. The summed E-state index contributed by atoms with van der Waals surface area (Å²) in [5.74, 6) is -0.287. The molecule has 568 valence electrons. The molecule has 19 nitrogen and oxygen atoms in total. The van der Waals surface area contributed by atoms with Crippen LogP contribution in [0.1, 0.15) is 309 Å². The standard InChI is InChI=1S/C78H143NO18/c1-3-5-7-9-11-13-15-17-19-21-23-25-26-27-28-29-30-31-32-33-34-36-37-39-41-43-45-47-49-51-53-55-62(83)61(79-66(84)56-54-52-50-48-46-44-42-40-38-35-24-22-20-18-16-14-12-10-8-6-4-2)60-92-76-72(90)69(87)74(64(58-81)94-76)97-78-73(91)70(88)75(65(59-82)95-78)96-77-71(89)68(86)67(85)63(57-80)93-77/h16,18,22,24,45,47,53,55,61-65,67-78,80-83,85-91H,3-15,17,19-21,23,25-44,46,48-52,54,56-60H2,1-2H3,(H,79,84)/b18-16-,24-22-,47-45+,55-53+. The molecule has 0 aromatic carbocycles. The molecular weight excluding hydrogens is 1240 g/mol. The lowest BCUT2D eigenvalue weighted by Crippen LogP contribution is -2.66. The highest BCUT2D eigenvalue weighted by Gasteiger charge is 2.53. The molecule has 0 saturated carbocycles. The van der Waals surface area contributed by atoms with Crippen molar-refractivity contribution in [3.05, 3.63) is 48.6 Å². The first-order valence-corrected chi connectivity index (χ1v) is 39.4. The zero-order valence-electron chi connectivity index (χ0n) is 60.6. The lowest BCUT2D eigenvalue weighted by atomic mass is 9.96. The fourth-order valence-electron chi connectivity index (χ4n) is 13.2. The van der Waals surface area contributed by atoms with Gasteiger partial charge in [0.15, 0.2) is 18.9 Å². The Bertz CT molecular complexity index is 1940. The van der Waals surface area contributed by atoms with Crippen molar-refractivity contribution in [2.24, 2.45) is 0 Å². The summed E-state index contributed by atoms with van der Waals surface area (Å²) in [6, 6.07) is -0.995. The van der Waals surface area contributed by atoms with Gasteiger partial charge in [0.2, 0.25) is 5.91 Å². The summed E-state index contributed by atoms with van der Waals surface area (Å²) in [6.45, 7) is 1.74. The van der Waals surface area contributed by atoms with E-state index < -0.39 is 124 Å². The third kappa shape index (κ3) is 39.8. The molecule has 19 heteroatoms. The van der Waals surface area contributed by atoms with Crippen LogP contribution in [-0.2, 0) is 33.2 Å². The van der Waals surface area contributed by atoms with Gasteiger partial charge in [-0.1, -0.05) is 287 Å². The first-order valence-electron chi connectivity index (χ1n) is 39.4. The van der Waals surface area contributed by atoms with E-state index in [4.69, 9.17) is 28.4 Å². The maximum absolute atomic E-state index is 13.4. The second kappa shape index (κ2) is 59.2. The summed E-state index contributed by atoms with van der Waals surface area (Å²) in [7, 11) is 0. The van der Waals surface area contributed by atoms with E-state index in [1.807, 2.05) is 6.08 Å². The molecule has 17 atom stereocenters. The Morgan fingerprint density at radius 3 is 1.09 bits per heavy atom. The van der Waals surface area contributed by atoms with E-state index in [0.29, 0.717) is 12.8 Å². The highest BCUT2D eigenvalue weighted by molar-refractivity contribution is 5.76. The minimum Gasteiger partial charge on any atom is -0.394 e. The molecule has 97 heavy (non-hydrogen) atoms. The number of hydrogen-bond donors (Lipinski definition) is 12. The van der Waals surface area contributed by atoms with Gasteiger partial charge in [0.1, 0.15) is 73.2 Å². The van der Waals surface area contributed by atoms with Crippen LogP contribution in [0.5, 0.6) is 0 Å². The molecule has 3 fully saturated rings. The summed E-state index contributed by atoms with van der Waals surface area (Å²) >= 11 is 0. The van der Waals surface area contributed by atoms with Crippen molar-refractivity contribution in [2.45, 2.75) is 413 Å². The van der Waals surface area contributed by atoms with Crippen LogP contribution in [-0.4, -0.2) is 193 Å². The number of carbonyl (C=O) groups is 1. The number of amides is 1. The summed E-state index contributed by atoms with van der Waals surface area (Å²) < 4.78 is 34.4. The maximum Gasteiger partial charge on any atom is 0.220 e. The Labute approximate surface area is 586 Å². The largest absolute Gasteiger partial charge is 0.394 e. The van der Waals surface area contributed by atoms with Crippen molar-refractivity contribution in [1.29, 1.82) is 0 Å². The van der Waals surface area contributed by atoms with Crippen LogP contribution in [0, 0.1) is 0 Å². The smallest absolute Gasteiger partial charge is 0.220 e. The van der Waals surface area contributed by atoms with Gasteiger partial charge in [0.05, 0.1) is 38.6 Å². The molecule has 0 bridgehead atoms. The predicted molar refractivity (Wildman–Crippen MR) is 383 cm³/mol. The van der Waals surface area contributed by atoms with Crippen LogP contribution in [0.15, 0.2) is 48.6 Å². The number of allylic oxidation sites excluding steroid dienone is 7. The second-order valence-electron chi connectivity index (χ2n) is 28.2. The van der Waals surface area contributed by atoms with Crippen molar-refractivity contribution in [3.8, 4) is 0 Å². The van der Waals surface area contributed by atoms with E-state index in [2.05, 4.69) is 55.6 Å². The highest BCUT2D eigenvalue weighted by Crippen LogP contribution is 2.33. The zero-order valence-corrected chi connectivity index (χ0v) is 60.6. The fraction of sp³-hybridized carbons (Fsp3) is 0.885. The molecule has 0 aromatic heterocycles. The van der Waals surface area contributed by atoms with Crippen molar-refractivity contribution in [2.75, 3.05) is 26.4 Å². The fourth-order valence-corrected chi connectivity index (χ4v) is 13.2. The number of aliphatic hydroxyl groups excluding tert-OH is 11. The molecule has 1 amide bonds. The van der Waals surface area contributed by atoms with E-state index >= 15 is 0 Å². The van der Waals surface area contributed by atoms with Gasteiger partial charge >= 0.3 is 0 Å². The number of ether oxygens (including phenoxy) is 6. The molecule has 17 unspecified atom stereocenters. The number of rotatable bonds is 62. The van der Waals surface area contributed by atoms with Gasteiger partial charge in [0.25, 0.3) is 0 Å². The van der Waals surface area contributed by atoms with Crippen molar-refractivity contribution < 1.29 is 89.4 Å². The summed E-state index contributed by atoms with van der Waals surface area (Å²) in [4.78, 5) is 13.4. The Balaban J connectivity index is 1.39. The number of hydrogen-bond acceptors (Lipinski definition) is 18. The minimum absolute atomic E-state index is 0.230. The third-order valence-corrected chi connectivity index (χ3v) is 19.6. The number of unbranched alkanes of at least 4 members (excludes halogenated alkanes) is 40. The Morgan fingerprint density at radius 1 is 0.371 bits per heavy atom. The van der Waals surface area contributed by atoms with Crippen molar-refractivity contribution >= 4 is 5.91 Å². The van der Waals surface area contributed by atoms with Gasteiger partial charge in [-0.15, -0.1) is 0 Å². The molecule has 3 aliphatic heterocycles. The molecular formula is C78H143NO18. The molecule has 3 heterocycles. The van der Waals surface area contributed by atoms with E-state index in [1.165, 1.54) is 218 Å². The summed E-state index contributed by atoms with van der Waals surface area (Å²) in [6.07, 6.45) is 46.7. The lowest BCUT2D eigenvalue weighted by molar-refractivity contribution is -0.379. The maximum atomic E-state index is 13.4. The normalized spacial score (nSPS) is 27.1. The van der Waals surface area contributed by atoms with E-state index in [0.717, 1.165) is 57.8 Å². The van der Waals surface area contributed by atoms with Crippen molar-refractivity contribution in [1.82, 2.24) is 5.32 Å². The van der Waals surface area contributed by atoms with Crippen LogP contribution in [0.3, 0.4) is 0 Å². The molecule has 3 saturated heterocycles. The molecule has 0 aromatic rings. The van der Waals surface area contributed by atoms with E-state index in [1.54, 1.807) is 6.08 Å². The van der Waals surface area contributed by atoms with Gasteiger partial charge in [-0.2, -0.15) is 0 Å². The second-order valence-corrected chi connectivity index (χ2v) is 28.2. The monoisotopic (exact) mass is 1380 g/mol. The van der Waals surface area contributed by atoms with Crippen molar-refractivity contribution in [3.63, 3.8) is 0 Å². The quantitative estimate of drug-likeness (QED) is 0.0199. The van der Waals surface area contributed by atoms with Crippen LogP contribution >= 0.6 is 0 Å². The highest BCUT2D eigenvalue weighted by atomic mass is 16.8. The average molecular weight is 1380 g/mol. The van der Waals surface area contributed by atoms with Gasteiger partial charge in [-0.05, 0) is 64.2 Å². The SMILES string of the molecule is CCCCCCC/C=C\C/C=C\CCCCCCCCCCCC(=O)NC(COC1OC(CO)C(OC2OC(CO)C(OC3OC(CO)C(O)C(O)C3O)C(O)C2O)C(O)C1O)C(O)/C=C/CC/C=C/CCCCCCCCCCCCCCCCCCCCCCCCCCC. The lowest BCUT2D eigenvalue weighted by Gasteiger charge is -2.48. The molecule has 0 spiro atoms. The first-order chi connectivity index (χ1) is 47.3. The van der Waals surface area contributed by atoms with Gasteiger partial charge in [0, 0.05) is 6.42 Å². The van der Waals surface area contributed by atoms with Gasteiger partial charge in [-0.3, -0.25) is 4.79 Å². The number of nitrogens with one attached hydrogen (secondary N) is 1. The van der Waals surface area contributed by atoms with Crippen LogP contribution in [0.2, 0.25) is 0 Å². The minimum atomic E-state index is -1.98. The molecule has 3 rings (SSSR count). The first kappa shape index (κ1) is 89.0. The summed E-state index contributed by atoms with van der Waals surface area (Å²) in [5, 5.41) is 121. The topological polar surface area (TPSA) is 307 Å². The van der Waals surface area contributed by atoms with Gasteiger partial charge in [-0.25, -0.2) is 0 Å². The molecule has 0 radical (unpaired) electrons. The molecule has 0 aliphatic carbocycles. The third-order valence-electron chi connectivity index (χ3n) is 19.6. The Kier molecular flexibility index (Phi) is 54.3. The summed E-state index contributed by atoms with van der Waals surface area (Å²) in [5.41, 5.74) is 0. The zero-order chi connectivity index (χ0) is 70.4. The Morgan fingerprint density at radius 2 is 0.691 bits per heavy atom. The van der Waals surface area contributed by atoms with Crippen LogP contribution in [0.4, 0.5) is 0 Å². The van der Waals surface area contributed by atoms with E-state index in [9.17, 15) is 61.0 Å². The molecule has 3 aliphatic rings. The van der Waals surface area contributed by atoms with E-state index in [-0.39, 0.29) is 18.9 Å². The number of aliphatic hydroxyl groups is 11. The molecule has 12 N–H and O–H groups in total. The Hall–Kier alpha value is -2.25. The van der Waals surface area contributed by atoms with Crippen LogP contribution in [0.25, 0.3) is 0 Å².